The lowest BCUT2D eigenvalue weighted by atomic mass is 9.95. The van der Waals surface area contributed by atoms with Gasteiger partial charge in [-0.25, -0.2) is 0 Å². The number of benzene rings is 2. The number of piperidine rings is 1. The number of anilines is 1. The first-order valence-corrected chi connectivity index (χ1v) is 10.4. The Morgan fingerprint density at radius 2 is 1.94 bits per heavy atom. The molecular weight excluding hydrogens is 418 g/mol. The fourth-order valence-electron chi connectivity index (χ4n) is 3.65. The number of nitrogens with zero attached hydrogens (tertiary/aromatic N) is 3. The van der Waals surface area contributed by atoms with Gasteiger partial charge in [0.1, 0.15) is 0 Å². The summed E-state index contributed by atoms with van der Waals surface area (Å²) in [5, 5.41) is 7.49. The largest absolute Gasteiger partial charge is 0.366 e. The molecule has 31 heavy (non-hydrogen) atoms. The van der Waals surface area contributed by atoms with Gasteiger partial charge in [-0.05, 0) is 50.2 Å². The SMILES string of the molecule is NC(=O)c1ccccc1NC(=O)C1CCN(Cc2nc(-c3cccc(Cl)c3)no2)CC1. The van der Waals surface area contributed by atoms with Gasteiger partial charge >= 0.3 is 0 Å². The lowest BCUT2D eigenvalue weighted by molar-refractivity contribution is -0.121. The number of halogens is 1. The highest BCUT2D eigenvalue weighted by molar-refractivity contribution is 6.30. The molecule has 0 aliphatic carbocycles. The van der Waals surface area contributed by atoms with E-state index < -0.39 is 5.91 Å². The zero-order valence-electron chi connectivity index (χ0n) is 16.8. The molecule has 1 fully saturated rings. The summed E-state index contributed by atoms with van der Waals surface area (Å²) in [4.78, 5) is 30.8. The van der Waals surface area contributed by atoms with E-state index in [1.54, 1.807) is 36.4 Å². The molecule has 0 radical (unpaired) electrons. The number of carbonyl (C=O) groups excluding carboxylic acids is 2. The molecule has 1 aliphatic heterocycles. The highest BCUT2D eigenvalue weighted by atomic mass is 35.5. The number of carbonyl (C=O) groups is 2. The van der Waals surface area contributed by atoms with Crippen LogP contribution in [-0.2, 0) is 11.3 Å². The number of aromatic nitrogens is 2. The molecule has 3 N–H and O–H groups in total. The first kappa shape index (κ1) is 21.0. The van der Waals surface area contributed by atoms with Gasteiger partial charge in [-0.15, -0.1) is 0 Å². The van der Waals surface area contributed by atoms with E-state index in [1.807, 2.05) is 12.1 Å². The second kappa shape index (κ2) is 9.28. The van der Waals surface area contributed by atoms with Crippen molar-refractivity contribution in [2.24, 2.45) is 11.7 Å². The minimum Gasteiger partial charge on any atom is -0.366 e. The Morgan fingerprint density at radius 1 is 1.16 bits per heavy atom. The number of nitrogens with one attached hydrogen (secondary N) is 1. The van der Waals surface area contributed by atoms with Crippen LogP contribution in [-0.4, -0.2) is 39.9 Å². The van der Waals surface area contributed by atoms with Crippen molar-refractivity contribution in [2.75, 3.05) is 18.4 Å². The minimum atomic E-state index is -0.567. The number of likely N-dealkylation sites (tertiary alicyclic amines) is 1. The maximum absolute atomic E-state index is 12.7. The van der Waals surface area contributed by atoms with Crippen LogP contribution >= 0.6 is 11.6 Å². The third kappa shape index (κ3) is 5.10. The van der Waals surface area contributed by atoms with Gasteiger partial charge < -0.3 is 15.6 Å². The Labute approximate surface area is 184 Å². The Morgan fingerprint density at radius 3 is 2.68 bits per heavy atom. The molecule has 0 unspecified atom stereocenters. The maximum Gasteiger partial charge on any atom is 0.250 e. The molecular formula is C22H22ClN5O3. The predicted molar refractivity (Wildman–Crippen MR) is 116 cm³/mol. The summed E-state index contributed by atoms with van der Waals surface area (Å²) in [5.74, 6) is 0.215. The van der Waals surface area contributed by atoms with Gasteiger partial charge in [0.15, 0.2) is 0 Å². The van der Waals surface area contributed by atoms with Crippen molar-refractivity contribution in [3.8, 4) is 11.4 Å². The first-order valence-electron chi connectivity index (χ1n) is 10.00. The molecule has 160 valence electrons. The van der Waals surface area contributed by atoms with Gasteiger partial charge in [0.2, 0.25) is 17.6 Å². The van der Waals surface area contributed by atoms with Crippen LogP contribution in [0, 0.1) is 5.92 Å². The van der Waals surface area contributed by atoms with Crippen molar-refractivity contribution in [3.05, 3.63) is 65.0 Å². The maximum atomic E-state index is 12.7. The van der Waals surface area contributed by atoms with Crippen molar-refractivity contribution >= 4 is 29.1 Å². The zero-order valence-corrected chi connectivity index (χ0v) is 17.5. The number of nitrogens with two attached hydrogens (primary N) is 1. The molecule has 0 atom stereocenters. The van der Waals surface area contributed by atoms with Crippen LogP contribution in [0.4, 0.5) is 5.69 Å². The summed E-state index contributed by atoms with van der Waals surface area (Å²) in [6.07, 6.45) is 1.39. The van der Waals surface area contributed by atoms with Crippen molar-refractivity contribution in [1.29, 1.82) is 0 Å². The molecule has 2 amide bonds. The monoisotopic (exact) mass is 439 g/mol. The van der Waals surface area contributed by atoms with E-state index in [2.05, 4.69) is 20.4 Å². The van der Waals surface area contributed by atoms with E-state index in [0.29, 0.717) is 47.4 Å². The average molecular weight is 440 g/mol. The van der Waals surface area contributed by atoms with Crippen LogP contribution in [0.25, 0.3) is 11.4 Å². The number of para-hydroxylation sites is 1. The summed E-state index contributed by atoms with van der Waals surface area (Å²) >= 11 is 6.02. The van der Waals surface area contributed by atoms with Gasteiger partial charge in [0.25, 0.3) is 5.91 Å². The zero-order chi connectivity index (χ0) is 21.8. The normalized spacial score (nSPS) is 15.0. The Bertz CT molecular complexity index is 1090. The molecule has 0 spiro atoms. The minimum absolute atomic E-state index is 0.102. The molecule has 3 aromatic rings. The average Bonchev–Trinajstić information content (AvgIpc) is 3.23. The number of amides is 2. The van der Waals surface area contributed by atoms with E-state index in [0.717, 1.165) is 18.7 Å². The summed E-state index contributed by atoms with van der Waals surface area (Å²) in [6.45, 7) is 1.97. The van der Waals surface area contributed by atoms with Gasteiger partial charge in [0, 0.05) is 16.5 Å². The van der Waals surface area contributed by atoms with Crippen molar-refractivity contribution in [2.45, 2.75) is 19.4 Å². The van der Waals surface area contributed by atoms with Gasteiger partial charge in [-0.1, -0.05) is 41.0 Å². The topological polar surface area (TPSA) is 114 Å². The molecule has 1 aromatic heterocycles. The standard InChI is InChI=1S/C22H22ClN5O3/c23-16-5-3-4-15(12-16)21-26-19(31-27-21)13-28-10-8-14(9-11-28)22(30)25-18-7-2-1-6-17(18)20(24)29/h1-7,12,14H,8-11,13H2,(H2,24,29)(H,25,30). The van der Waals surface area contributed by atoms with Crippen molar-refractivity contribution in [3.63, 3.8) is 0 Å². The van der Waals surface area contributed by atoms with Crippen LogP contribution in [0.2, 0.25) is 5.02 Å². The van der Waals surface area contributed by atoms with Crippen LogP contribution in [0.15, 0.2) is 53.1 Å². The summed E-state index contributed by atoms with van der Waals surface area (Å²) in [5.41, 5.74) is 6.94. The summed E-state index contributed by atoms with van der Waals surface area (Å²) in [6, 6.07) is 14.0. The highest BCUT2D eigenvalue weighted by Gasteiger charge is 2.26. The molecule has 8 nitrogen and oxygen atoms in total. The summed E-state index contributed by atoms with van der Waals surface area (Å²) in [7, 11) is 0. The molecule has 4 rings (SSSR count). The third-order valence-corrected chi connectivity index (χ3v) is 5.55. The Balaban J connectivity index is 1.31. The smallest absolute Gasteiger partial charge is 0.250 e. The van der Waals surface area contributed by atoms with Gasteiger partial charge in [-0.2, -0.15) is 4.98 Å². The van der Waals surface area contributed by atoms with Crippen LogP contribution in [0.3, 0.4) is 0 Å². The molecule has 0 bridgehead atoms. The van der Waals surface area contributed by atoms with Crippen LogP contribution in [0.1, 0.15) is 29.1 Å². The Kier molecular flexibility index (Phi) is 6.29. The van der Waals surface area contributed by atoms with Crippen LogP contribution in [0.5, 0.6) is 0 Å². The number of hydrogen-bond acceptors (Lipinski definition) is 6. The van der Waals surface area contributed by atoms with Gasteiger partial charge in [-0.3, -0.25) is 14.5 Å². The number of rotatable bonds is 6. The third-order valence-electron chi connectivity index (χ3n) is 5.32. The van der Waals surface area contributed by atoms with Gasteiger partial charge in [0.05, 0.1) is 17.8 Å². The lowest BCUT2D eigenvalue weighted by Gasteiger charge is -2.30. The molecule has 9 heteroatoms. The van der Waals surface area contributed by atoms with Crippen LogP contribution < -0.4 is 11.1 Å². The summed E-state index contributed by atoms with van der Waals surface area (Å²) < 4.78 is 5.38. The molecule has 1 aliphatic rings. The lowest BCUT2D eigenvalue weighted by Crippen LogP contribution is -2.38. The quantitative estimate of drug-likeness (QED) is 0.608. The van der Waals surface area contributed by atoms with E-state index in [4.69, 9.17) is 21.9 Å². The molecule has 0 saturated carbocycles. The fourth-order valence-corrected chi connectivity index (χ4v) is 3.84. The first-order chi connectivity index (χ1) is 15.0. The highest BCUT2D eigenvalue weighted by Crippen LogP contribution is 2.24. The van der Waals surface area contributed by atoms with Crippen molar-refractivity contribution in [1.82, 2.24) is 15.0 Å². The molecule has 2 aromatic carbocycles. The van der Waals surface area contributed by atoms with E-state index in [9.17, 15) is 9.59 Å². The number of primary amides is 1. The second-order valence-electron chi connectivity index (χ2n) is 7.47. The molecule has 2 heterocycles. The second-order valence-corrected chi connectivity index (χ2v) is 7.91. The fraction of sp³-hybridized carbons (Fsp3) is 0.273. The van der Waals surface area contributed by atoms with E-state index in [-0.39, 0.29) is 11.8 Å². The molecule has 1 saturated heterocycles. The van der Waals surface area contributed by atoms with Crippen molar-refractivity contribution < 1.29 is 14.1 Å². The number of hydrogen-bond donors (Lipinski definition) is 2. The van der Waals surface area contributed by atoms with E-state index >= 15 is 0 Å². The van der Waals surface area contributed by atoms with E-state index in [1.165, 1.54) is 0 Å². The Hall–Kier alpha value is -3.23. The predicted octanol–water partition coefficient (Wildman–Crippen LogP) is 3.34.